The third-order valence-electron chi connectivity index (χ3n) is 3.00. The van der Waals surface area contributed by atoms with Crippen molar-refractivity contribution in [2.75, 3.05) is 6.54 Å². The third-order valence-corrected chi connectivity index (χ3v) is 3.00. The summed E-state index contributed by atoms with van der Waals surface area (Å²) in [6, 6.07) is 3.64. The van der Waals surface area contributed by atoms with E-state index in [1.54, 1.807) is 0 Å². The fourth-order valence-corrected chi connectivity index (χ4v) is 1.92. The second kappa shape index (κ2) is 7.15. The molecule has 0 heterocycles. The Hall–Kier alpha value is -1.24. The molecule has 0 radical (unpaired) electrons. The minimum Gasteiger partial charge on any atom is -0.310 e. The average molecular weight is 313 g/mol. The first-order valence-electron chi connectivity index (χ1n) is 6.61. The molecule has 1 nitrogen and oxygen atoms in total. The third kappa shape index (κ3) is 6.37. The van der Waals surface area contributed by atoms with Crippen LogP contribution in [0.2, 0.25) is 0 Å². The van der Waals surface area contributed by atoms with Crippen molar-refractivity contribution in [1.29, 1.82) is 0 Å². The highest BCUT2D eigenvalue weighted by atomic mass is 19.4. The Labute approximate surface area is 119 Å². The maximum absolute atomic E-state index is 12.5. The van der Waals surface area contributed by atoms with Crippen molar-refractivity contribution in [2.45, 2.75) is 44.6 Å². The van der Waals surface area contributed by atoms with Crippen molar-refractivity contribution in [2.24, 2.45) is 0 Å². The van der Waals surface area contributed by atoms with Gasteiger partial charge in [0, 0.05) is 12.5 Å². The Morgan fingerprint density at radius 3 is 2.00 bits per heavy atom. The molecule has 1 rings (SSSR count). The molecule has 0 bridgehead atoms. The van der Waals surface area contributed by atoms with Gasteiger partial charge >= 0.3 is 12.4 Å². The lowest BCUT2D eigenvalue weighted by Crippen LogP contribution is -2.24. The first-order valence-corrected chi connectivity index (χ1v) is 6.61. The summed E-state index contributed by atoms with van der Waals surface area (Å²) in [6.07, 6.45) is -9.18. The van der Waals surface area contributed by atoms with Gasteiger partial charge in [-0.2, -0.15) is 26.3 Å². The molecular weight excluding hydrogens is 296 g/mol. The molecule has 1 aromatic carbocycles. The van der Waals surface area contributed by atoms with E-state index in [-0.39, 0.29) is 6.42 Å². The minimum atomic E-state index is -4.45. The molecule has 7 heteroatoms. The SMILES string of the molecule is CCCNC(CCC(F)(F)F)c1ccc(C(F)(F)F)cc1. The van der Waals surface area contributed by atoms with Gasteiger partial charge in [-0.1, -0.05) is 19.1 Å². The van der Waals surface area contributed by atoms with Crippen LogP contribution in [0.3, 0.4) is 0 Å². The largest absolute Gasteiger partial charge is 0.416 e. The number of nitrogens with one attached hydrogen (secondary N) is 1. The highest BCUT2D eigenvalue weighted by molar-refractivity contribution is 5.26. The molecule has 0 fully saturated rings. The van der Waals surface area contributed by atoms with Gasteiger partial charge in [0.1, 0.15) is 0 Å². The maximum atomic E-state index is 12.5. The second-order valence-corrected chi connectivity index (χ2v) is 4.78. The standard InChI is InChI=1S/C14H17F6N/c1-2-9-21-12(7-8-13(15,16)17)10-3-5-11(6-4-10)14(18,19)20/h3-6,12,21H,2,7-9H2,1H3. The number of alkyl halides is 6. The summed E-state index contributed by atoms with van der Waals surface area (Å²) in [7, 11) is 0. The fourth-order valence-electron chi connectivity index (χ4n) is 1.92. The Bertz CT molecular complexity index is 421. The van der Waals surface area contributed by atoms with Crippen LogP contribution in [0.4, 0.5) is 26.3 Å². The number of rotatable bonds is 6. The molecule has 0 aromatic heterocycles. The van der Waals surface area contributed by atoms with Gasteiger partial charge in [-0.15, -0.1) is 0 Å². The van der Waals surface area contributed by atoms with Gasteiger partial charge in [-0.05, 0) is 37.1 Å². The lowest BCUT2D eigenvalue weighted by molar-refractivity contribution is -0.137. The van der Waals surface area contributed by atoms with Crippen molar-refractivity contribution in [1.82, 2.24) is 5.32 Å². The summed E-state index contributed by atoms with van der Waals surface area (Å²) in [5.41, 5.74) is -0.378. The van der Waals surface area contributed by atoms with Gasteiger partial charge in [0.2, 0.25) is 0 Å². The lowest BCUT2D eigenvalue weighted by Gasteiger charge is -2.20. The molecule has 1 N–H and O–H groups in total. The summed E-state index contributed by atoms with van der Waals surface area (Å²) in [4.78, 5) is 0. The van der Waals surface area contributed by atoms with Crippen molar-refractivity contribution >= 4 is 0 Å². The van der Waals surface area contributed by atoms with Gasteiger partial charge < -0.3 is 5.32 Å². The van der Waals surface area contributed by atoms with Crippen molar-refractivity contribution < 1.29 is 26.3 Å². The van der Waals surface area contributed by atoms with Crippen molar-refractivity contribution in [3.8, 4) is 0 Å². The summed E-state index contributed by atoms with van der Waals surface area (Å²) in [5.74, 6) is 0. The van der Waals surface area contributed by atoms with Gasteiger partial charge in [-0.3, -0.25) is 0 Å². The predicted molar refractivity (Wildman–Crippen MR) is 67.8 cm³/mol. The van der Waals surface area contributed by atoms with Gasteiger partial charge in [-0.25, -0.2) is 0 Å². The normalized spacial score (nSPS) is 14.2. The number of hydrogen-bond acceptors (Lipinski definition) is 1. The molecule has 0 aliphatic heterocycles. The smallest absolute Gasteiger partial charge is 0.310 e. The maximum Gasteiger partial charge on any atom is 0.416 e. The van der Waals surface area contributed by atoms with Crippen molar-refractivity contribution in [3.05, 3.63) is 35.4 Å². The van der Waals surface area contributed by atoms with Crippen LogP contribution in [0, 0.1) is 0 Å². The molecule has 21 heavy (non-hydrogen) atoms. The van der Waals surface area contributed by atoms with Crippen LogP contribution in [0.5, 0.6) is 0 Å². The second-order valence-electron chi connectivity index (χ2n) is 4.78. The molecule has 0 amide bonds. The molecular formula is C14H17F6N. The van der Waals surface area contributed by atoms with Crippen LogP contribution in [-0.4, -0.2) is 12.7 Å². The predicted octanol–water partition coefficient (Wildman–Crippen LogP) is 5.09. The zero-order valence-electron chi connectivity index (χ0n) is 11.5. The molecule has 120 valence electrons. The van der Waals surface area contributed by atoms with Crippen LogP contribution >= 0.6 is 0 Å². The molecule has 1 aromatic rings. The Kier molecular flexibility index (Phi) is 6.07. The summed E-state index contributed by atoms with van der Waals surface area (Å²) >= 11 is 0. The van der Waals surface area contributed by atoms with Gasteiger partial charge in [0.25, 0.3) is 0 Å². The summed E-state index contributed by atoms with van der Waals surface area (Å²) < 4.78 is 74.3. The van der Waals surface area contributed by atoms with Crippen LogP contribution in [0.25, 0.3) is 0 Å². The van der Waals surface area contributed by atoms with E-state index in [2.05, 4.69) is 5.32 Å². The Morgan fingerprint density at radius 2 is 1.57 bits per heavy atom. The number of benzene rings is 1. The topological polar surface area (TPSA) is 12.0 Å². The quantitative estimate of drug-likeness (QED) is 0.721. The summed E-state index contributed by atoms with van der Waals surface area (Å²) in [6.45, 7) is 2.37. The van der Waals surface area contributed by atoms with Gasteiger partial charge in [0.15, 0.2) is 0 Å². The zero-order valence-corrected chi connectivity index (χ0v) is 11.5. The van der Waals surface area contributed by atoms with E-state index >= 15 is 0 Å². The molecule has 0 saturated carbocycles. The minimum absolute atomic E-state index is 0.200. The van der Waals surface area contributed by atoms with E-state index in [4.69, 9.17) is 0 Å². The van der Waals surface area contributed by atoms with Crippen molar-refractivity contribution in [3.63, 3.8) is 0 Å². The average Bonchev–Trinajstić information content (AvgIpc) is 2.37. The summed E-state index contributed by atoms with van der Waals surface area (Å²) in [5, 5.41) is 2.94. The highest BCUT2D eigenvalue weighted by Gasteiger charge is 2.31. The molecule has 0 aliphatic rings. The van der Waals surface area contributed by atoms with E-state index in [0.29, 0.717) is 12.1 Å². The first-order chi connectivity index (χ1) is 9.63. The number of halogens is 6. The Balaban J connectivity index is 2.82. The molecule has 1 atom stereocenters. The monoisotopic (exact) mass is 313 g/mol. The first kappa shape index (κ1) is 17.8. The van der Waals surface area contributed by atoms with Crippen LogP contribution in [0.1, 0.15) is 43.4 Å². The van der Waals surface area contributed by atoms with Crippen LogP contribution in [-0.2, 0) is 6.18 Å². The highest BCUT2D eigenvalue weighted by Crippen LogP contribution is 2.32. The molecule has 0 saturated heterocycles. The van der Waals surface area contributed by atoms with E-state index in [0.717, 1.165) is 18.6 Å². The van der Waals surface area contributed by atoms with E-state index in [9.17, 15) is 26.3 Å². The van der Waals surface area contributed by atoms with E-state index in [1.807, 2.05) is 6.92 Å². The lowest BCUT2D eigenvalue weighted by atomic mass is 10.00. The molecule has 0 aliphatic carbocycles. The van der Waals surface area contributed by atoms with Gasteiger partial charge in [0.05, 0.1) is 5.56 Å². The van der Waals surface area contributed by atoms with E-state index in [1.165, 1.54) is 12.1 Å². The van der Waals surface area contributed by atoms with E-state index < -0.39 is 30.4 Å². The number of hydrogen-bond donors (Lipinski definition) is 1. The molecule has 0 spiro atoms. The van der Waals surface area contributed by atoms with Crippen LogP contribution in [0.15, 0.2) is 24.3 Å². The fraction of sp³-hybridized carbons (Fsp3) is 0.571. The molecule has 1 unspecified atom stereocenters. The zero-order chi connectivity index (χ0) is 16.1. The Morgan fingerprint density at radius 1 is 1.00 bits per heavy atom. The van der Waals surface area contributed by atoms with Crippen LogP contribution < -0.4 is 5.32 Å².